The quantitative estimate of drug-likeness (QED) is 0.722. The zero-order valence-corrected chi connectivity index (χ0v) is 13.1. The number of aromatic nitrogens is 1. The Morgan fingerprint density at radius 2 is 2.00 bits per heavy atom. The summed E-state index contributed by atoms with van der Waals surface area (Å²) in [7, 11) is 0. The van der Waals surface area contributed by atoms with Crippen LogP contribution in [0.1, 0.15) is 24.7 Å². The number of nitrogens with zero attached hydrogens (tertiary/aromatic N) is 1. The van der Waals surface area contributed by atoms with Gasteiger partial charge in [-0.25, -0.2) is 0 Å². The number of rotatable bonds is 7. The molecule has 7 nitrogen and oxygen atoms in total. The Morgan fingerprint density at radius 1 is 1.30 bits per heavy atom. The summed E-state index contributed by atoms with van der Waals surface area (Å²) in [6.45, 7) is 3.67. The predicted molar refractivity (Wildman–Crippen MR) is 86.9 cm³/mol. The Bertz CT molecular complexity index is 679. The first-order valence-corrected chi connectivity index (χ1v) is 7.36. The van der Waals surface area contributed by atoms with E-state index in [2.05, 4.69) is 15.8 Å². The molecule has 0 fully saturated rings. The maximum atomic E-state index is 12.3. The fraction of sp³-hybridized carbons (Fsp3) is 0.312. The van der Waals surface area contributed by atoms with E-state index in [9.17, 15) is 9.59 Å². The molecule has 2 amide bonds. The van der Waals surface area contributed by atoms with E-state index in [-0.39, 0.29) is 18.2 Å². The van der Waals surface area contributed by atoms with Crippen LogP contribution in [0.25, 0.3) is 0 Å². The number of aryl methyl sites for hydroxylation is 1. The largest absolute Gasteiger partial charge is 0.374 e. The van der Waals surface area contributed by atoms with Crippen molar-refractivity contribution in [3.8, 4) is 0 Å². The molecule has 2 aromatic rings. The van der Waals surface area contributed by atoms with Crippen molar-refractivity contribution in [2.24, 2.45) is 5.73 Å². The lowest BCUT2D eigenvalue weighted by Crippen LogP contribution is -2.34. The normalized spacial score (nSPS) is 11.7. The molecule has 0 unspecified atom stereocenters. The highest BCUT2D eigenvalue weighted by Crippen LogP contribution is 2.14. The van der Waals surface area contributed by atoms with Crippen LogP contribution in [-0.2, 0) is 16.0 Å². The molecule has 1 atom stereocenters. The predicted octanol–water partition coefficient (Wildman–Crippen LogP) is 1.84. The number of nitrogens with two attached hydrogens (primary N) is 1. The standard InChI is InChI=1S/C16H20N4O3/c1-3-13(16(22)19-15-8-10(2)23-20-15)18-12-6-4-11(5-7-12)9-14(17)21/h4-8,13,18H,3,9H2,1-2H3,(H2,17,21)(H,19,20,22)/t13-/m1/s1. The molecule has 1 aromatic carbocycles. The Labute approximate surface area is 134 Å². The summed E-state index contributed by atoms with van der Waals surface area (Å²) in [6.07, 6.45) is 0.801. The van der Waals surface area contributed by atoms with Crippen LogP contribution >= 0.6 is 0 Å². The van der Waals surface area contributed by atoms with Gasteiger partial charge in [0.25, 0.3) is 0 Å². The molecule has 0 aliphatic carbocycles. The summed E-state index contributed by atoms with van der Waals surface area (Å²) in [5.74, 6) is 0.456. The van der Waals surface area contributed by atoms with Crippen LogP contribution in [0, 0.1) is 6.92 Å². The van der Waals surface area contributed by atoms with Crippen LogP contribution in [0.3, 0.4) is 0 Å². The van der Waals surface area contributed by atoms with Crippen molar-refractivity contribution in [2.45, 2.75) is 32.7 Å². The molecular formula is C16H20N4O3. The summed E-state index contributed by atoms with van der Waals surface area (Å²) in [6, 6.07) is 8.48. The van der Waals surface area contributed by atoms with E-state index in [0.717, 1.165) is 11.3 Å². The van der Waals surface area contributed by atoms with Gasteiger partial charge in [-0.2, -0.15) is 0 Å². The molecular weight excluding hydrogens is 296 g/mol. The second kappa shape index (κ2) is 7.44. The van der Waals surface area contributed by atoms with E-state index in [4.69, 9.17) is 10.3 Å². The van der Waals surface area contributed by atoms with Crippen molar-refractivity contribution in [1.29, 1.82) is 0 Å². The maximum absolute atomic E-state index is 12.3. The number of hydrogen-bond acceptors (Lipinski definition) is 5. The number of hydrogen-bond donors (Lipinski definition) is 3. The molecule has 2 rings (SSSR count). The molecule has 0 radical (unpaired) electrons. The number of nitrogens with one attached hydrogen (secondary N) is 2. The highest BCUT2D eigenvalue weighted by molar-refractivity contribution is 5.95. The highest BCUT2D eigenvalue weighted by atomic mass is 16.5. The van der Waals surface area contributed by atoms with Crippen molar-refractivity contribution in [2.75, 3.05) is 10.6 Å². The van der Waals surface area contributed by atoms with Crippen LogP contribution in [-0.4, -0.2) is 23.0 Å². The molecule has 0 spiro atoms. The third kappa shape index (κ3) is 4.84. The molecule has 0 bridgehead atoms. The Morgan fingerprint density at radius 3 is 2.52 bits per heavy atom. The first kappa shape index (κ1) is 16.5. The third-order valence-corrected chi connectivity index (χ3v) is 3.28. The fourth-order valence-electron chi connectivity index (χ4n) is 2.11. The Balaban J connectivity index is 1.98. The first-order chi connectivity index (χ1) is 11.0. The summed E-state index contributed by atoms with van der Waals surface area (Å²) in [5, 5.41) is 9.59. The van der Waals surface area contributed by atoms with E-state index in [1.165, 1.54) is 0 Å². The van der Waals surface area contributed by atoms with Crippen molar-refractivity contribution >= 4 is 23.3 Å². The molecule has 7 heteroatoms. The van der Waals surface area contributed by atoms with Crippen LogP contribution in [0.4, 0.5) is 11.5 Å². The van der Waals surface area contributed by atoms with E-state index < -0.39 is 6.04 Å². The molecule has 1 aromatic heterocycles. The first-order valence-electron chi connectivity index (χ1n) is 7.36. The summed E-state index contributed by atoms with van der Waals surface area (Å²) >= 11 is 0. The van der Waals surface area contributed by atoms with Gasteiger partial charge >= 0.3 is 0 Å². The van der Waals surface area contributed by atoms with Gasteiger partial charge < -0.3 is 20.9 Å². The van der Waals surface area contributed by atoms with Gasteiger partial charge in [0.1, 0.15) is 11.8 Å². The lowest BCUT2D eigenvalue weighted by Gasteiger charge is -2.17. The molecule has 122 valence electrons. The van der Waals surface area contributed by atoms with Gasteiger partial charge in [0.2, 0.25) is 11.8 Å². The lowest BCUT2D eigenvalue weighted by atomic mass is 10.1. The van der Waals surface area contributed by atoms with E-state index >= 15 is 0 Å². The Hall–Kier alpha value is -2.83. The number of carbonyl (C=O) groups excluding carboxylic acids is 2. The fourth-order valence-corrected chi connectivity index (χ4v) is 2.11. The van der Waals surface area contributed by atoms with Gasteiger partial charge in [-0.15, -0.1) is 0 Å². The van der Waals surface area contributed by atoms with Crippen molar-refractivity contribution < 1.29 is 14.1 Å². The van der Waals surface area contributed by atoms with Gasteiger partial charge in [-0.3, -0.25) is 9.59 Å². The van der Waals surface area contributed by atoms with Gasteiger partial charge in [-0.1, -0.05) is 24.2 Å². The van der Waals surface area contributed by atoms with Crippen molar-refractivity contribution in [3.63, 3.8) is 0 Å². The molecule has 23 heavy (non-hydrogen) atoms. The lowest BCUT2D eigenvalue weighted by molar-refractivity contribution is -0.118. The number of amides is 2. The number of carbonyl (C=O) groups is 2. The minimum Gasteiger partial charge on any atom is -0.374 e. The van der Waals surface area contributed by atoms with Crippen molar-refractivity contribution in [3.05, 3.63) is 41.7 Å². The smallest absolute Gasteiger partial charge is 0.248 e. The SMILES string of the molecule is CC[C@@H](Nc1ccc(CC(N)=O)cc1)C(=O)Nc1cc(C)on1. The average Bonchev–Trinajstić information content (AvgIpc) is 2.91. The van der Waals surface area contributed by atoms with Gasteiger partial charge in [0, 0.05) is 11.8 Å². The van der Waals surface area contributed by atoms with E-state index in [1.807, 2.05) is 19.1 Å². The molecule has 0 saturated carbocycles. The topological polar surface area (TPSA) is 110 Å². The monoisotopic (exact) mass is 316 g/mol. The third-order valence-electron chi connectivity index (χ3n) is 3.28. The zero-order valence-electron chi connectivity index (χ0n) is 13.1. The highest BCUT2D eigenvalue weighted by Gasteiger charge is 2.17. The van der Waals surface area contributed by atoms with Gasteiger partial charge in [0.15, 0.2) is 5.82 Å². The van der Waals surface area contributed by atoms with E-state index in [1.54, 1.807) is 25.1 Å². The van der Waals surface area contributed by atoms with Crippen molar-refractivity contribution in [1.82, 2.24) is 5.16 Å². The Kier molecular flexibility index (Phi) is 5.35. The van der Waals surface area contributed by atoms with Crippen LogP contribution in [0.2, 0.25) is 0 Å². The molecule has 1 heterocycles. The second-order valence-electron chi connectivity index (χ2n) is 5.26. The average molecular weight is 316 g/mol. The van der Waals surface area contributed by atoms with E-state index in [0.29, 0.717) is 18.0 Å². The zero-order chi connectivity index (χ0) is 16.8. The molecule has 0 aliphatic rings. The summed E-state index contributed by atoms with van der Waals surface area (Å²) < 4.78 is 4.92. The number of benzene rings is 1. The van der Waals surface area contributed by atoms with Gasteiger partial charge in [-0.05, 0) is 31.0 Å². The van der Waals surface area contributed by atoms with Crippen LogP contribution < -0.4 is 16.4 Å². The molecule has 0 aliphatic heterocycles. The minimum atomic E-state index is -0.408. The summed E-state index contributed by atoms with van der Waals surface area (Å²) in [4.78, 5) is 23.1. The second-order valence-corrected chi connectivity index (χ2v) is 5.26. The maximum Gasteiger partial charge on any atom is 0.248 e. The van der Waals surface area contributed by atoms with Crippen LogP contribution in [0.15, 0.2) is 34.9 Å². The number of anilines is 2. The van der Waals surface area contributed by atoms with Crippen LogP contribution in [0.5, 0.6) is 0 Å². The minimum absolute atomic E-state index is 0.193. The number of primary amides is 1. The molecule has 4 N–H and O–H groups in total. The molecule has 0 saturated heterocycles. The summed E-state index contributed by atoms with van der Waals surface area (Å²) in [5.41, 5.74) is 6.78. The van der Waals surface area contributed by atoms with Gasteiger partial charge in [0.05, 0.1) is 6.42 Å².